The number of nitrogens with zero attached hydrogens (tertiary/aromatic N) is 1. The molecule has 4 nitrogen and oxygen atoms in total. The maximum absolute atomic E-state index is 13.3. The van der Waals surface area contributed by atoms with Gasteiger partial charge in [0.2, 0.25) is 0 Å². The van der Waals surface area contributed by atoms with Crippen molar-refractivity contribution >= 4 is 21.7 Å². The fraction of sp³-hybridized carbons (Fsp3) is 0.133. The molecule has 0 fully saturated rings. The van der Waals surface area contributed by atoms with Gasteiger partial charge in [0, 0.05) is 5.02 Å². The first-order valence-electron chi connectivity index (χ1n) is 6.30. The van der Waals surface area contributed by atoms with E-state index in [1.165, 1.54) is 18.2 Å². The van der Waals surface area contributed by atoms with Gasteiger partial charge in [-0.3, -0.25) is 0 Å². The Morgan fingerprint density at radius 3 is 2.64 bits per heavy atom. The summed E-state index contributed by atoms with van der Waals surface area (Å²) in [5.74, 6) is -0.690. The zero-order valence-electron chi connectivity index (χ0n) is 11.5. The molecule has 0 saturated carbocycles. The summed E-state index contributed by atoms with van der Waals surface area (Å²) in [4.78, 5) is -0.293. The summed E-state index contributed by atoms with van der Waals surface area (Å²) >= 11 is 5.96. The summed E-state index contributed by atoms with van der Waals surface area (Å²) in [6.45, 7) is 1.87. The van der Waals surface area contributed by atoms with E-state index < -0.39 is 15.9 Å². The molecule has 0 unspecified atom stereocenters. The van der Waals surface area contributed by atoms with Crippen LogP contribution in [-0.4, -0.2) is 8.42 Å². The zero-order valence-corrected chi connectivity index (χ0v) is 13.1. The molecule has 0 saturated heterocycles. The van der Waals surface area contributed by atoms with Crippen LogP contribution in [0.15, 0.2) is 41.3 Å². The van der Waals surface area contributed by atoms with Crippen molar-refractivity contribution in [3.05, 3.63) is 58.4 Å². The van der Waals surface area contributed by atoms with Gasteiger partial charge in [-0.25, -0.2) is 4.39 Å². The third kappa shape index (κ3) is 3.38. The second-order valence-electron chi connectivity index (χ2n) is 4.40. The van der Waals surface area contributed by atoms with Crippen LogP contribution in [0.2, 0.25) is 5.02 Å². The molecule has 0 aromatic heterocycles. The molecule has 7 heteroatoms. The molecule has 0 aliphatic carbocycles. The molecule has 0 bridgehead atoms. The molecule has 114 valence electrons. The summed E-state index contributed by atoms with van der Waals surface area (Å²) in [5.41, 5.74) is 0.376. The Balaban J connectivity index is 2.38. The standard InChI is InChI=1S/C15H11ClFNO3S/c1-2-10-7-12(3-5-14(10)16)21-22(19,20)13-4-6-15(17)11(8-13)9-18/h3-8H,2H2,1H3. The number of aryl methyl sites for hydroxylation is 1. The topological polar surface area (TPSA) is 67.2 Å². The van der Waals surface area contributed by atoms with Gasteiger partial charge < -0.3 is 4.18 Å². The van der Waals surface area contributed by atoms with Crippen LogP contribution in [0.5, 0.6) is 5.75 Å². The first kappa shape index (κ1) is 16.3. The van der Waals surface area contributed by atoms with Crippen molar-refractivity contribution in [1.29, 1.82) is 5.26 Å². The highest BCUT2D eigenvalue weighted by Gasteiger charge is 2.19. The summed E-state index contributed by atoms with van der Waals surface area (Å²) in [5, 5.41) is 9.27. The third-order valence-corrected chi connectivity index (χ3v) is 4.56. The Bertz CT molecular complexity index is 860. The normalized spacial score (nSPS) is 11.0. The van der Waals surface area contributed by atoms with Crippen LogP contribution in [-0.2, 0) is 16.5 Å². The predicted molar refractivity (Wildman–Crippen MR) is 79.8 cm³/mol. The highest BCUT2D eigenvalue weighted by atomic mass is 35.5. The van der Waals surface area contributed by atoms with Gasteiger partial charge in [-0.2, -0.15) is 13.7 Å². The molecule has 0 N–H and O–H groups in total. The van der Waals surface area contributed by atoms with Crippen molar-refractivity contribution in [1.82, 2.24) is 0 Å². The highest BCUT2D eigenvalue weighted by Crippen LogP contribution is 2.25. The summed E-state index contributed by atoms with van der Waals surface area (Å²) < 4.78 is 42.6. The predicted octanol–water partition coefficient (Wildman–Crippen LogP) is 3.68. The minimum atomic E-state index is -4.16. The molecule has 22 heavy (non-hydrogen) atoms. The monoisotopic (exact) mass is 339 g/mol. The summed E-state index contributed by atoms with van der Waals surface area (Å²) in [7, 11) is -4.16. The van der Waals surface area contributed by atoms with E-state index >= 15 is 0 Å². The first-order valence-corrected chi connectivity index (χ1v) is 8.08. The molecule has 0 amide bonds. The molecule has 0 aliphatic heterocycles. The number of halogens is 2. The SMILES string of the molecule is CCc1cc(OS(=O)(=O)c2ccc(F)c(C#N)c2)ccc1Cl. The van der Waals surface area contributed by atoms with Crippen molar-refractivity contribution in [2.45, 2.75) is 18.2 Å². The fourth-order valence-corrected chi connectivity index (χ4v) is 3.00. The van der Waals surface area contributed by atoms with E-state index in [1.807, 2.05) is 6.92 Å². The highest BCUT2D eigenvalue weighted by molar-refractivity contribution is 7.87. The van der Waals surface area contributed by atoms with Gasteiger partial charge in [0.1, 0.15) is 22.5 Å². The number of hydrogen-bond donors (Lipinski definition) is 0. The number of rotatable bonds is 4. The molecule has 2 rings (SSSR count). The minimum Gasteiger partial charge on any atom is -0.379 e. The maximum Gasteiger partial charge on any atom is 0.339 e. The van der Waals surface area contributed by atoms with Gasteiger partial charge in [-0.1, -0.05) is 18.5 Å². The lowest BCUT2D eigenvalue weighted by molar-refractivity contribution is 0.485. The maximum atomic E-state index is 13.3. The Morgan fingerprint density at radius 2 is 2.00 bits per heavy atom. The Morgan fingerprint density at radius 1 is 1.27 bits per heavy atom. The van der Waals surface area contributed by atoms with Crippen LogP contribution in [0.1, 0.15) is 18.1 Å². The quantitative estimate of drug-likeness (QED) is 0.797. The van der Waals surface area contributed by atoms with E-state index in [9.17, 15) is 12.8 Å². The van der Waals surface area contributed by atoms with E-state index in [0.717, 1.165) is 23.8 Å². The van der Waals surface area contributed by atoms with E-state index in [2.05, 4.69) is 0 Å². The molecule has 2 aromatic rings. The average molecular weight is 340 g/mol. The smallest absolute Gasteiger partial charge is 0.339 e. The summed E-state index contributed by atoms with van der Waals surface area (Å²) in [6.07, 6.45) is 0.616. The van der Waals surface area contributed by atoms with Crippen molar-refractivity contribution in [3.63, 3.8) is 0 Å². The van der Waals surface area contributed by atoms with Crippen LogP contribution in [0, 0.1) is 17.1 Å². The Labute approximate surface area is 132 Å². The molecule has 2 aromatic carbocycles. The molecule has 0 aliphatic rings. The molecule has 0 radical (unpaired) electrons. The van der Waals surface area contributed by atoms with Crippen LogP contribution < -0.4 is 4.18 Å². The van der Waals surface area contributed by atoms with Gasteiger partial charge in [0.05, 0.1) is 5.56 Å². The summed E-state index contributed by atoms with van der Waals surface area (Å²) in [6, 6.07) is 8.96. The first-order chi connectivity index (χ1) is 10.4. The van der Waals surface area contributed by atoms with Gasteiger partial charge in [0.25, 0.3) is 0 Å². The van der Waals surface area contributed by atoms with Gasteiger partial charge in [-0.05, 0) is 48.4 Å². The molecule has 0 heterocycles. The molecule has 0 spiro atoms. The average Bonchev–Trinajstić information content (AvgIpc) is 2.49. The Kier molecular flexibility index (Phi) is 4.69. The second kappa shape index (κ2) is 6.34. The zero-order chi connectivity index (χ0) is 16.3. The number of benzene rings is 2. The lowest BCUT2D eigenvalue weighted by Crippen LogP contribution is -2.10. The second-order valence-corrected chi connectivity index (χ2v) is 6.35. The lowest BCUT2D eigenvalue weighted by atomic mass is 10.2. The van der Waals surface area contributed by atoms with Crippen molar-refractivity contribution in [3.8, 4) is 11.8 Å². The molecular weight excluding hydrogens is 329 g/mol. The molecular formula is C15H11ClFNO3S. The number of hydrogen-bond acceptors (Lipinski definition) is 4. The van der Waals surface area contributed by atoms with Gasteiger partial charge in [0.15, 0.2) is 0 Å². The Hall–Kier alpha value is -2.10. The number of nitriles is 1. The van der Waals surface area contributed by atoms with E-state index in [-0.39, 0.29) is 16.2 Å². The van der Waals surface area contributed by atoms with Crippen LogP contribution >= 0.6 is 11.6 Å². The fourth-order valence-electron chi connectivity index (χ4n) is 1.79. The van der Waals surface area contributed by atoms with Crippen LogP contribution in [0.3, 0.4) is 0 Å². The van der Waals surface area contributed by atoms with E-state index in [0.29, 0.717) is 11.4 Å². The van der Waals surface area contributed by atoms with Crippen LogP contribution in [0.4, 0.5) is 4.39 Å². The van der Waals surface area contributed by atoms with Gasteiger partial charge >= 0.3 is 10.1 Å². The van der Waals surface area contributed by atoms with Crippen molar-refractivity contribution in [2.75, 3.05) is 0 Å². The van der Waals surface area contributed by atoms with Crippen molar-refractivity contribution in [2.24, 2.45) is 0 Å². The van der Waals surface area contributed by atoms with E-state index in [4.69, 9.17) is 21.0 Å². The van der Waals surface area contributed by atoms with Gasteiger partial charge in [-0.15, -0.1) is 0 Å². The third-order valence-electron chi connectivity index (χ3n) is 2.95. The van der Waals surface area contributed by atoms with Crippen molar-refractivity contribution < 1.29 is 17.0 Å². The van der Waals surface area contributed by atoms with E-state index in [1.54, 1.807) is 6.07 Å². The molecule has 0 atom stereocenters. The van der Waals surface area contributed by atoms with Crippen LogP contribution in [0.25, 0.3) is 0 Å². The minimum absolute atomic E-state index is 0.101. The largest absolute Gasteiger partial charge is 0.379 e. The lowest BCUT2D eigenvalue weighted by Gasteiger charge is -2.09.